The third-order valence-corrected chi connectivity index (χ3v) is 6.29. The summed E-state index contributed by atoms with van der Waals surface area (Å²) >= 11 is 6.78. The largest absolute Gasteiger partial charge is 0.480 e. The Kier molecular flexibility index (Phi) is 4.77. The van der Waals surface area contributed by atoms with Crippen molar-refractivity contribution in [3.63, 3.8) is 0 Å². The zero-order chi connectivity index (χ0) is 14.1. The summed E-state index contributed by atoms with van der Waals surface area (Å²) in [5.74, 6) is -1.19. The molecule has 0 aliphatic carbocycles. The Balaban J connectivity index is 3.21. The van der Waals surface area contributed by atoms with Gasteiger partial charge in [0, 0.05) is 6.04 Å². The number of rotatable bonds is 5. The van der Waals surface area contributed by atoms with Crippen molar-refractivity contribution < 1.29 is 18.3 Å². The van der Waals surface area contributed by atoms with Crippen LogP contribution in [0, 0.1) is 6.92 Å². The highest BCUT2D eigenvalue weighted by Gasteiger charge is 2.30. The van der Waals surface area contributed by atoms with E-state index in [-0.39, 0.29) is 4.21 Å². The number of hydrogen-bond acceptors (Lipinski definition) is 4. The van der Waals surface area contributed by atoms with Crippen LogP contribution >= 0.6 is 22.9 Å². The molecule has 0 amide bonds. The summed E-state index contributed by atoms with van der Waals surface area (Å²) in [6.07, 6.45) is 0. The first-order chi connectivity index (χ1) is 8.16. The van der Waals surface area contributed by atoms with Gasteiger partial charge >= 0.3 is 5.97 Å². The number of carboxylic acid groups (broad SMARTS) is 1. The van der Waals surface area contributed by atoms with E-state index in [0.717, 1.165) is 15.6 Å². The maximum absolute atomic E-state index is 12.3. The van der Waals surface area contributed by atoms with Gasteiger partial charge in [-0.1, -0.05) is 11.6 Å². The van der Waals surface area contributed by atoms with Crippen molar-refractivity contribution >= 4 is 38.9 Å². The standard InChI is InChI=1S/C10H14ClNO4S2/c1-6(2)12(5-8(13)14)18(15,16)9-4-7(3)10(11)17-9/h4,6H,5H2,1-3H3,(H,13,14). The fourth-order valence-corrected chi connectivity index (χ4v) is 4.78. The molecule has 18 heavy (non-hydrogen) atoms. The van der Waals surface area contributed by atoms with Crippen molar-refractivity contribution in [2.45, 2.75) is 31.0 Å². The molecular weight excluding hydrogens is 298 g/mol. The number of aliphatic carboxylic acids is 1. The van der Waals surface area contributed by atoms with Gasteiger partial charge in [0.2, 0.25) is 0 Å². The molecule has 0 fully saturated rings. The number of hydrogen-bond donors (Lipinski definition) is 1. The van der Waals surface area contributed by atoms with Crippen molar-refractivity contribution in [2.75, 3.05) is 6.54 Å². The van der Waals surface area contributed by atoms with Gasteiger partial charge in [-0.2, -0.15) is 4.31 Å². The van der Waals surface area contributed by atoms with E-state index in [1.54, 1.807) is 20.8 Å². The van der Waals surface area contributed by atoms with E-state index in [2.05, 4.69) is 0 Å². The van der Waals surface area contributed by atoms with Gasteiger partial charge in [-0.15, -0.1) is 11.3 Å². The Morgan fingerprint density at radius 1 is 1.56 bits per heavy atom. The molecule has 8 heteroatoms. The first-order valence-corrected chi connectivity index (χ1v) is 7.79. The molecule has 1 N–H and O–H groups in total. The molecule has 1 rings (SSSR count). The summed E-state index contributed by atoms with van der Waals surface area (Å²) in [6.45, 7) is 4.40. The zero-order valence-electron chi connectivity index (χ0n) is 10.2. The third-order valence-electron chi connectivity index (χ3n) is 2.26. The predicted octanol–water partition coefficient (Wildman–Crippen LogP) is 2.19. The number of aryl methyl sites for hydroxylation is 1. The monoisotopic (exact) mass is 311 g/mol. The van der Waals surface area contributed by atoms with Crippen molar-refractivity contribution in [2.24, 2.45) is 0 Å². The first kappa shape index (κ1) is 15.4. The molecule has 0 aromatic carbocycles. The molecule has 0 aliphatic heterocycles. The Morgan fingerprint density at radius 3 is 2.44 bits per heavy atom. The number of nitrogens with zero attached hydrogens (tertiary/aromatic N) is 1. The Labute approximate surface area is 115 Å². The van der Waals surface area contributed by atoms with E-state index in [4.69, 9.17) is 16.7 Å². The third kappa shape index (κ3) is 3.23. The predicted molar refractivity (Wildman–Crippen MR) is 70.7 cm³/mol. The highest BCUT2D eigenvalue weighted by atomic mass is 35.5. The minimum Gasteiger partial charge on any atom is -0.480 e. The molecule has 0 aliphatic rings. The van der Waals surface area contributed by atoms with E-state index < -0.39 is 28.6 Å². The van der Waals surface area contributed by atoms with E-state index in [1.165, 1.54) is 6.07 Å². The van der Waals surface area contributed by atoms with Gasteiger partial charge < -0.3 is 5.11 Å². The molecule has 5 nitrogen and oxygen atoms in total. The molecule has 0 radical (unpaired) electrons. The fraction of sp³-hybridized carbons (Fsp3) is 0.500. The van der Waals surface area contributed by atoms with E-state index in [9.17, 15) is 13.2 Å². The number of carboxylic acids is 1. The van der Waals surface area contributed by atoms with Crippen LogP contribution in [0.15, 0.2) is 10.3 Å². The van der Waals surface area contributed by atoms with Gasteiger partial charge in [0.25, 0.3) is 10.0 Å². The number of halogens is 1. The quantitative estimate of drug-likeness (QED) is 0.904. The summed E-state index contributed by atoms with van der Waals surface area (Å²) in [6, 6.07) is 1.02. The Morgan fingerprint density at radius 2 is 2.11 bits per heavy atom. The second-order valence-electron chi connectivity index (χ2n) is 4.06. The SMILES string of the molecule is Cc1cc(S(=O)(=O)N(CC(=O)O)C(C)C)sc1Cl. The highest BCUT2D eigenvalue weighted by molar-refractivity contribution is 7.91. The molecule has 102 valence electrons. The van der Waals surface area contributed by atoms with Gasteiger partial charge in [0.1, 0.15) is 10.8 Å². The summed E-state index contributed by atoms with van der Waals surface area (Å²) in [4.78, 5) is 10.7. The molecule has 0 saturated carbocycles. The zero-order valence-corrected chi connectivity index (χ0v) is 12.6. The lowest BCUT2D eigenvalue weighted by atomic mass is 10.4. The van der Waals surface area contributed by atoms with E-state index in [1.807, 2.05) is 0 Å². The summed E-state index contributed by atoms with van der Waals surface area (Å²) in [5, 5.41) is 8.77. The molecule has 0 bridgehead atoms. The average molecular weight is 312 g/mol. The highest BCUT2D eigenvalue weighted by Crippen LogP contribution is 2.32. The molecule has 0 atom stereocenters. The van der Waals surface area contributed by atoms with Crippen LogP contribution in [0.5, 0.6) is 0 Å². The molecular formula is C10H14ClNO4S2. The van der Waals surface area contributed by atoms with Crippen molar-refractivity contribution in [1.82, 2.24) is 4.31 Å². The minimum absolute atomic E-state index is 0.0694. The summed E-state index contributed by atoms with van der Waals surface area (Å²) in [5.41, 5.74) is 0.666. The Bertz CT molecular complexity index is 531. The second-order valence-corrected chi connectivity index (χ2v) is 7.83. The summed E-state index contributed by atoms with van der Waals surface area (Å²) < 4.78 is 26.0. The van der Waals surface area contributed by atoms with Crippen molar-refractivity contribution in [1.29, 1.82) is 0 Å². The topological polar surface area (TPSA) is 74.7 Å². The Hall–Kier alpha value is -0.630. The molecule has 1 aromatic rings. The van der Waals surface area contributed by atoms with Crippen LogP contribution in [0.4, 0.5) is 0 Å². The number of sulfonamides is 1. The average Bonchev–Trinajstić information content (AvgIpc) is 2.55. The number of thiophene rings is 1. The number of carbonyl (C=O) groups is 1. The van der Waals surface area contributed by atoms with E-state index >= 15 is 0 Å². The lowest BCUT2D eigenvalue weighted by Gasteiger charge is -2.23. The van der Waals surface area contributed by atoms with Crippen LogP contribution in [0.1, 0.15) is 19.4 Å². The maximum atomic E-state index is 12.3. The van der Waals surface area contributed by atoms with Gasteiger partial charge in [-0.3, -0.25) is 4.79 Å². The normalized spacial score (nSPS) is 12.3. The lowest BCUT2D eigenvalue weighted by molar-refractivity contribution is -0.137. The van der Waals surface area contributed by atoms with Crippen LogP contribution in [-0.2, 0) is 14.8 Å². The van der Waals surface area contributed by atoms with Crippen molar-refractivity contribution in [3.05, 3.63) is 16.0 Å². The van der Waals surface area contributed by atoms with Crippen LogP contribution < -0.4 is 0 Å². The maximum Gasteiger partial charge on any atom is 0.318 e. The van der Waals surface area contributed by atoms with Gasteiger partial charge in [0.15, 0.2) is 0 Å². The molecule has 1 heterocycles. The first-order valence-electron chi connectivity index (χ1n) is 5.16. The van der Waals surface area contributed by atoms with Crippen LogP contribution in [0.2, 0.25) is 4.34 Å². The minimum atomic E-state index is -3.81. The summed E-state index contributed by atoms with van der Waals surface area (Å²) in [7, 11) is -3.81. The van der Waals surface area contributed by atoms with Crippen LogP contribution in [0.25, 0.3) is 0 Å². The fourth-order valence-electron chi connectivity index (χ4n) is 1.35. The molecule has 0 spiro atoms. The second kappa shape index (κ2) is 5.56. The smallest absolute Gasteiger partial charge is 0.318 e. The molecule has 0 saturated heterocycles. The molecule has 0 unspecified atom stereocenters. The molecule has 1 aromatic heterocycles. The van der Waals surface area contributed by atoms with Crippen LogP contribution in [0.3, 0.4) is 0 Å². The van der Waals surface area contributed by atoms with Gasteiger partial charge in [0.05, 0.1) is 4.34 Å². The van der Waals surface area contributed by atoms with Gasteiger partial charge in [-0.25, -0.2) is 8.42 Å². The van der Waals surface area contributed by atoms with Crippen LogP contribution in [-0.4, -0.2) is 36.4 Å². The van der Waals surface area contributed by atoms with Crippen molar-refractivity contribution in [3.8, 4) is 0 Å². The van der Waals surface area contributed by atoms with Gasteiger partial charge in [-0.05, 0) is 32.4 Å². The van der Waals surface area contributed by atoms with E-state index in [0.29, 0.717) is 9.90 Å². The lowest BCUT2D eigenvalue weighted by Crippen LogP contribution is -2.40.